The second kappa shape index (κ2) is 15.4. The molecule has 0 spiro atoms. The molecule has 0 aliphatic heterocycles. The SMILES string of the molecule is c1ccc(-c2ccc(-c3nc(-c4ccc(-c5ccccc5)cc4)nc(-c4cc(-c5ccccc5)cc(-c5ccc(-c6ccc7ccccc7c6)nc5)c4)n3)cc2)cc1. The minimum Gasteiger partial charge on any atom is -0.256 e. The Morgan fingerprint density at radius 3 is 1.12 bits per heavy atom. The Labute approximate surface area is 337 Å². The van der Waals surface area contributed by atoms with Crippen molar-refractivity contribution in [3.63, 3.8) is 0 Å². The summed E-state index contributed by atoms with van der Waals surface area (Å²) in [4.78, 5) is 20.4. The van der Waals surface area contributed by atoms with E-state index in [1.54, 1.807) is 0 Å². The van der Waals surface area contributed by atoms with Crippen molar-refractivity contribution in [2.75, 3.05) is 0 Å². The Kier molecular flexibility index (Phi) is 9.18. The van der Waals surface area contributed by atoms with Crippen molar-refractivity contribution in [2.45, 2.75) is 0 Å². The number of nitrogens with zero attached hydrogens (tertiary/aromatic N) is 4. The van der Waals surface area contributed by atoms with E-state index >= 15 is 0 Å². The molecule has 0 atom stereocenters. The standard InChI is InChI=1S/C54H36N4/c1-4-12-37(13-5-1)41-20-25-43(26-21-41)52-56-53(44-27-22-42(23-28-44)38-14-6-2-7-15-38)58-54(57-52)50-34-48(39-16-8-3-9-17-39)33-49(35-50)47-30-31-51(55-36-47)46-29-24-40-18-10-11-19-45(40)32-46/h1-36H. The smallest absolute Gasteiger partial charge is 0.164 e. The maximum atomic E-state index is 5.18. The molecule has 0 N–H and O–H groups in total. The molecule has 0 saturated heterocycles. The van der Waals surface area contributed by atoms with Crippen molar-refractivity contribution < 1.29 is 0 Å². The average molecular weight is 741 g/mol. The fourth-order valence-corrected chi connectivity index (χ4v) is 7.45. The van der Waals surface area contributed by atoms with Crippen LogP contribution in [-0.2, 0) is 0 Å². The highest BCUT2D eigenvalue weighted by Crippen LogP contribution is 2.35. The molecule has 4 heteroatoms. The second-order valence-corrected chi connectivity index (χ2v) is 14.4. The molecular weight excluding hydrogens is 705 g/mol. The van der Waals surface area contributed by atoms with E-state index < -0.39 is 0 Å². The molecule has 2 heterocycles. The molecule has 4 nitrogen and oxygen atoms in total. The van der Waals surface area contributed by atoms with Gasteiger partial charge in [-0.05, 0) is 80.0 Å². The summed E-state index contributed by atoms with van der Waals surface area (Å²) in [6.07, 6.45) is 1.96. The van der Waals surface area contributed by atoms with Crippen LogP contribution in [0.15, 0.2) is 219 Å². The Balaban J connectivity index is 1.09. The Morgan fingerprint density at radius 2 is 0.603 bits per heavy atom. The number of fused-ring (bicyclic) bond motifs is 1. The molecule has 0 aliphatic rings. The van der Waals surface area contributed by atoms with Crippen LogP contribution in [0.5, 0.6) is 0 Å². The molecule has 0 amide bonds. The summed E-state index contributed by atoms with van der Waals surface area (Å²) in [5.74, 6) is 1.82. The van der Waals surface area contributed by atoms with Crippen molar-refractivity contribution >= 4 is 10.8 Å². The van der Waals surface area contributed by atoms with Gasteiger partial charge in [0.05, 0.1) is 5.69 Å². The Hall–Kier alpha value is -7.82. The molecule has 0 radical (unpaired) electrons. The lowest BCUT2D eigenvalue weighted by Gasteiger charge is -2.13. The van der Waals surface area contributed by atoms with Gasteiger partial charge in [-0.3, -0.25) is 4.98 Å². The van der Waals surface area contributed by atoms with Crippen LogP contribution >= 0.6 is 0 Å². The summed E-state index contributed by atoms with van der Waals surface area (Å²) in [5.41, 5.74) is 13.5. The summed E-state index contributed by atoms with van der Waals surface area (Å²) >= 11 is 0. The van der Waals surface area contributed by atoms with Gasteiger partial charge in [0.15, 0.2) is 17.5 Å². The van der Waals surface area contributed by atoms with E-state index in [2.05, 4.69) is 194 Å². The van der Waals surface area contributed by atoms with Crippen molar-refractivity contribution in [1.29, 1.82) is 0 Å². The van der Waals surface area contributed by atoms with E-state index in [-0.39, 0.29) is 0 Å². The lowest BCUT2D eigenvalue weighted by molar-refractivity contribution is 1.07. The maximum absolute atomic E-state index is 5.18. The first-order valence-corrected chi connectivity index (χ1v) is 19.4. The third-order valence-electron chi connectivity index (χ3n) is 10.6. The minimum absolute atomic E-state index is 0.596. The van der Waals surface area contributed by atoms with Gasteiger partial charge >= 0.3 is 0 Å². The third-order valence-corrected chi connectivity index (χ3v) is 10.6. The largest absolute Gasteiger partial charge is 0.256 e. The van der Waals surface area contributed by atoms with Crippen LogP contribution in [0.25, 0.3) is 101 Å². The number of hydrogen-bond acceptors (Lipinski definition) is 4. The zero-order valence-corrected chi connectivity index (χ0v) is 31.6. The van der Waals surface area contributed by atoms with Crippen LogP contribution in [-0.4, -0.2) is 19.9 Å². The quantitative estimate of drug-likeness (QED) is 0.156. The van der Waals surface area contributed by atoms with E-state index in [0.29, 0.717) is 17.5 Å². The summed E-state index contributed by atoms with van der Waals surface area (Å²) in [7, 11) is 0. The molecule has 8 aromatic carbocycles. The molecule has 10 rings (SSSR count). The van der Waals surface area contributed by atoms with Gasteiger partial charge in [-0.1, -0.05) is 182 Å². The Bertz CT molecular complexity index is 2900. The summed E-state index contributed by atoms with van der Waals surface area (Å²) < 4.78 is 0. The first-order chi connectivity index (χ1) is 28.7. The monoisotopic (exact) mass is 740 g/mol. The van der Waals surface area contributed by atoms with Crippen molar-refractivity contribution in [1.82, 2.24) is 19.9 Å². The number of rotatable bonds is 8. The normalized spacial score (nSPS) is 11.1. The van der Waals surface area contributed by atoms with Crippen molar-refractivity contribution in [3.8, 4) is 89.9 Å². The van der Waals surface area contributed by atoms with Gasteiger partial charge in [0.1, 0.15) is 0 Å². The van der Waals surface area contributed by atoms with Gasteiger partial charge in [0, 0.05) is 34.0 Å². The zero-order chi connectivity index (χ0) is 38.7. The van der Waals surface area contributed by atoms with E-state index in [9.17, 15) is 0 Å². The fourth-order valence-electron chi connectivity index (χ4n) is 7.45. The lowest BCUT2D eigenvalue weighted by atomic mass is 9.96. The van der Waals surface area contributed by atoms with Crippen LogP contribution < -0.4 is 0 Å². The topological polar surface area (TPSA) is 51.6 Å². The lowest BCUT2D eigenvalue weighted by Crippen LogP contribution is -2.01. The molecule has 10 aromatic rings. The molecule has 0 aliphatic carbocycles. The molecule has 0 saturated carbocycles. The van der Waals surface area contributed by atoms with Crippen LogP contribution in [0.3, 0.4) is 0 Å². The van der Waals surface area contributed by atoms with Gasteiger partial charge in [0.25, 0.3) is 0 Å². The van der Waals surface area contributed by atoms with E-state index in [1.165, 1.54) is 10.8 Å². The molecular formula is C54H36N4. The molecule has 0 unspecified atom stereocenters. The third kappa shape index (κ3) is 7.18. The molecule has 2 aromatic heterocycles. The minimum atomic E-state index is 0.596. The highest BCUT2D eigenvalue weighted by Gasteiger charge is 2.16. The fraction of sp³-hybridized carbons (Fsp3) is 0. The summed E-state index contributed by atoms with van der Waals surface area (Å²) in [6, 6.07) is 73.9. The van der Waals surface area contributed by atoms with Gasteiger partial charge in [0.2, 0.25) is 0 Å². The average Bonchev–Trinajstić information content (AvgIpc) is 3.32. The highest BCUT2D eigenvalue weighted by molar-refractivity contribution is 5.87. The van der Waals surface area contributed by atoms with Crippen LogP contribution in [0, 0.1) is 0 Å². The number of benzene rings is 8. The van der Waals surface area contributed by atoms with E-state index in [4.69, 9.17) is 19.9 Å². The number of aromatic nitrogens is 4. The van der Waals surface area contributed by atoms with Crippen LogP contribution in [0.2, 0.25) is 0 Å². The van der Waals surface area contributed by atoms with Crippen LogP contribution in [0.4, 0.5) is 0 Å². The van der Waals surface area contributed by atoms with Crippen LogP contribution in [0.1, 0.15) is 0 Å². The summed E-state index contributed by atoms with van der Waals surface area (Å²) in [5, 5.41) is 2.41. The van der Waals surface area contributed by atoms with E-state index in [0.717, 1.165) is 72.5 Å². The number of hydrogen-bond donors (Lipinski definition) is 0. The first kappa shape index (κ1) is 34.7. The Morgan fingerprint density at radius 1 is 0.224 bits per heavy atom. The second-order valence-electron chi connectivity index (χ2n) is 14.4. The van der Waals surface area contributed by atoms with Gasteiger partial charge in [-0.15, -0.1) is 0 Å². The summed E-state index contributed by atoms with van der Waals surface area (Å²) in [6.45, 7) is 0. The predicted molar refractivity (Wildman–Crippen MR) is 239 cm³/mol. The van der Waals surface area contributed by atoms with E-state index in [1.807, 2.05) is 24.4 Å². The molecule has 0 fully saturated rings. The first-order valence-electron chi connectivity index (χ1n) is 19.4. The van der Waals surface area contributed by atoms with Crippen molar-refractivity contribution in [2.24, 2.45) is 0 Å². The van der Waals surface area contributed by atoms with Gasteiger partial charge < -0.3 is 0 Å². The van der Waals surface area contributed by atoms with Gasteiger partial charge in [-0.2, -0.15) is 0 Å². The molecule has 58 heavy (non-hydrogen) atoms. The zero-order valence-electron chi connectivity index (χ0n) is 31.6. The molecule has 0 bridgehead atoms. The number of pyridine rings is 1. The predicted octanol–water partition coefficient (Wildman–Crippen LogP) is 13.8. The highest BCUT2D eigenvalue weighted by atomic mass is 15.0. The maximum Gasteiger partial charge on any atom is 0.164 e. The molecule has 272 valence electrons. The van der Waals surface area contributed by atoms with Gasteiger partial charge in [-0.25, -0.2) is 15.0 Å². The van der Waals surface area contributed by atoms with Crippen molar-refractivity contribution in [3.05, 3.63) is 219 Å².